The maximum Gasteiger partial charge on any atom is 0.154 e. The van der Waals surface area contributed by atoms with Crippen molar-refractivity contribution < 1.29 is 4.74 Å². The average molecular weight is 328 g/mol. The molecule has 0 radical (unpaired) electrons. The summed E-state index contributed by atoms with van der Waals surface area (Å²) < 4.78 is 5.92. The molecule has 1 aliphatic carbocycles. The lowest BCUT2D eigenvalue weighted by atomic mass is 10.3. The molecule has 118 valence electrons. The van der Waals surface area contributed by atoms with Gasteiger partial charge in [-0.1, -0.05) is 91.0 Å². The molecule has 2 heteroatoms. The molecule has 5 rings (SSSR count). The van der Waals surface area contributed by atoms with Gasteiger partial charge in [0.2, 0.25) is 0 Å². The molecule has 2 aliphatic rings. The topological polar surface area (TPSA) is 12.5 Å². The van der Waals surface area contributed by atoms with Crippen LogP contribution in [-0.4, -0.2) is 20.3 Å². The number of benzene rings is 3. The summed E-state index contributed by atoms with van der Waals surface area (Å²) in [7, 11) is -2.09. The van der Waals surface area contributed by atoms with Gasteiger partial charge in [-0.05, 0) is 22.0 Å². The van der Waals surface area contributed by atoms with Crippen molar-refractivity contribution in [2.24, 2.45) is 0 Å². The van der Waals surface area contributed by atoms with E-state index in [2.05, 4.69) is 91.0 Å². The first-order valence-corrected chi connectivity index (χ1v) is 10.7. The van der Waals surface area contributed by atoms with E-state index in [1.165, 1.54) is 22.0 Å². The molecule has 1 nitrogen and oxygen atoms in total. The van der Waals surface area contributed by atoms with Crippen LogP contribution in [0, 0.1) is 0 Å². The zero-order valence-electron chi connectivity index (χ0n) is 13.6. The van der Waals surface area contributed by atoms with Crippen molar-refractivity contribution in [2.75, 3.05) is 6.61 Å². The first-order chi connectivity index (χ1) is 11.9. The van der Waals surface area contributed by atoms with E-state index in [0.29, 0.717) is 5.54 Å². The molecule has 3 aromatic rings. The van der Waals surface area contributed by atoms with Crippen LogP contribution in [0.15, 0.2) is 91.0 Å². The van der Waals surface area contributed by atoms with Crippen molar-refractivity contribution in [1.29, 1.82) is 0 Å². The van der Waals surface area contributed by atoms with Gasteiger partial charge in [-0.15, -0.1) is 0 Å². The van der Waals surface area contributed by atoms with Gasteiger partial charge in [-0.3, -0.25) is 0 Å². The molecule has 1 heterocycles. The predicted octanol–water partition coefficient (Wildman–Crippen LogP) is 2.70. The fourth-order valence-electron chi connectivity index (χ4n) is 4.45. The first-order valence-electron chi connectivity index (χ1n) is 8.67. The zero-order valence-corrected chi connectivity index (χ0v) is 14.6. The molecule has 0 N–H and O–H groups in total. The number of ether oxygens (including phenoxy) is 1. The minimum Gasteiger partial charge on any atom is -0.370 e. The first kappa shape index (κ1) is 14.2. The Bertz CT molecular complexity index is 744. The van der Waals surface area contributed by atoms with Gasteiger partial charge in [0, 0.05) is 5.54 Å². The summed E-state index contributed by atoms with van der Waals surface area (Å²) in [5.74, 6) is 0. The normalized spacial score (nSPS) is 24.8. The van der Waals surface area contributed by atoms with Crippen LogP contribution in [0.5, 0.6) is 0 Å². The molecule has 1 aliphatic heterocycles. The van der Waals surface area contributed by atoms with E-state index in [1.807, 2.05) is 0 Å². The Labute approximate surface area is 143 Å². The van der Waals surface area contributed by atoms with Crippen molar-refractivity contribution >= 4 is 23.6 Å². The summed E-state index contributed by atoms with van der Waals surface area (Å²) in [6.07, 6.45) is 1.21. The molecule has 3 aromatic carbocycles. The quantitative estimate of drug-likeness (QED) is 0.408. The largest absolute Gasteiger partial charge is 0.370 e. The van der Waals surface area contributed by atoms with E-state index < -0.39 is 8.07 Å². The Balaban J connectivity index is 1.81. The van der Waals surface area contributed by atoms with E-state index in [0.717, 1.165) is 6.61 Å². The molecule has 2 unspecified atom stereocenters. The van der Waals surface area contributed by atoms with Crippen molar-refractivity contribution in [3.8, 4) is 0 Å². The Morgan fingerprint density at radius 2 is 1.04 bits per heavy atom. The monoisotopic (exact) mass is 328 g/mol. The summed E-state index contributed by atoms with van der Waals surface area (Å²) in [6.45, 7) is 0.943. The summed E-state index contributed by atoms with van der Waals surface area (Å²) in [5, 5.41) is 4.50. The highest BCUT2D eigenvalue weighted by atomic mass is 28.3. The van der Waals surface area contributed by atoms with Crippen molar-refractivity contribution in [3.05, 3.63) is 91.0 Å². The lowest BCUT2D eigenvalue weighted by Gasteiger charge is -2.34. The highest BCUT2D eigenvalue weighted by molar-refractivity contribution is 7.13. The SMILES string of the molecule is c1ccc([Si](c2ccccc2)(c2ccccc2)C2CC23CO3)cc1. The Kier molecular flexibility index (Phi) is 3.06. The van der Waals surface area contributed by atoms with Gasteiger partial charge in [0.05, 0.1) is 12.2 Å². The number of hydrogen-bond donors (Lipinski definition) is 0. The van der Waals surface area contributed by atoms with Crippen LogP contribution in [-0.2, 0) is 4.74 Å². The minimum atomic E-state index is -2.09. The lowest BCUT2D eigenvalue weighted by Crippen LogP contribution is -2.68. The van der Waals surface area contributed by atoms with Crippen LogP contribution in [0.1, 0.15) is 6.42 Å². The Hall–Kier alpha value is -2.16. The van der Waals surface area contributed by atoms with Gasteiger partial charge in [0.15, 0.2) is 8.07 Å². The van der Waals surface area contributed by atoms with Crippen LogP contribution in [0.2, 0.25) is 5.54 Å². The van der Waals surface area contributed by atoms with Gasteiger partial charge in [0.1, 0.15) is 0 Å². The fraction of sp³-hybridized carbons (Fsp3) is 0.182. The Morgan fingerprint density at radius 1 is 0.667 bits per heavy atom. The molecule has 0 bridgehead atoms. The molecule has 2 atom stereocenters. The van der Waals surface area contributed by atoms with Crippen LogP contribution in [0.3, 0.4) is 0 Å². The van der Waals surface area contributed by atoms with E-state index in [4.69, 9.17) is 4.74 Å². The van der Waals surface area contributed by atoms with Gasteiger partial charge < -0.3 is 4.74 Å². The summed E-state index contributed by atoms with van der Waals surface area (Å²) >= 11 is 0. The second-order valence-electron chi connectivity index (χ2n) is 7.02. The summed E-state index contributed by atoms with van der Waals surface area (Å²) in [6, 6.07) is 33.5. The second kappa shape index (κ2) is 5.17. The van der Waals surface area contributed by atoms with E-state index in [1.54, 1.807) is 0 Å². The van der Waals surface area contributed by atoms with Crippen LogP contribution >= 0.6 is 0 Å². The summed E-state index contributed by atoms with van der Waals surface area (Å²) in [5.41, 5.74) is 0.811. The van der Waals surface area contributed by atoms with Gasteiger partial charge >= 0.3 is 0 Å². The van der Waals surface area contributed by atoms with Crippen LogP contribution in [0.25, 0.3) is 0 Å². The fourth-order valence-corrected chi connectivity index (χ4v) is 10.4. The number of hydrogen-bond acceptors (Lipinski definition) is 1. The maximum atomic E-state index is 5.92. The molecule has 1 saturated heterocycles. The highest BCUT2D eigenvalue weighted by Gasteiger charge is 2.73. The van der Waals surface area contributed by atoms with Gasteiger partial charge in [0.25, 0.3) is 0 Å². The number of epoxide rings is 1. The highest BCUT2D eigenvalue weighted by Crippen LogP contribution is 2.65. The molecule has 2 fully saturated rings. The average Bonchev–Trinajstić information content (AvgIpc) is 3.59. The molecule has 1 saturated carbocycles. The summed E-state index contributed by atoms with van der Waals surface area (Å²) in [4.78, 5) is 0. The molecule has 0 amide bonds. The second-order valence-corrected chi connectivity index (χ2v) is 11.1. The molecule has 1 spiro atoms. The number of rotatable bonds is 4. The third-order valence-corrected chi connectivity index (χ3v) is 11.3. The molecular formula is C22H20OSi. The zero-order chi connectivity index (χ0) is 16.0. The standard InChI is InChI=1S/C22H20OSi/c1-4-10-18(11-5-1)24(19-12-6-2-7-13-19,20-14-8-3-9-15-20)21-16-22(21)17-23-22/h1-15,21H,16-17H2. The Morgan fingerprint density at radius 3 is 1.33 bits per heavy atom. The van der Waals surface area contributed by atoms with Gasteiger partial charge in [-0.2, -0.15) is 0 Å². The van der Waals surface area contributed by atoms with Crippen molar-refractivity contribution in [1.82, 2.24) is 0 Å². The van der Waals surface area contributed by atoms with Crippen LogP contribution in [0.4, 0.5) is 0 Å². The molecular weight excluding hydrogens is 308 g/mol. The van der Waals surface area contributed by atoms with E-state index in [-0.39, 0.29) is 5.60 Å². The third-order valence-electron chi connectivity index (χ3n) is 5.75. The van der Waals surface area contributed by atoms with E-state index in [9.17, 15) is 0 Å². The molecule has 24 heavy (non-hydrogen) atoms. The van der Waals surface area contributed by atoms with Gasteiger partial charge in [-0.25, -0.2) is 0 Å². The minimum absolute atomic E-state index is 0.174. The smallest absolute Gasteiger partial charge is 0.154 e. The molecule has 0 aromatic heterocycles. The lowest BCUT2D eigenvalue weighted by molar-refractivity contribution is 0.398. The third kappa shape index (κ3) is 1.97. The maximum absolute atomic E-state index is 5.92. The van der Waals surface area contributed by atoms with E-state index >= 15 is 0 Å². The van der Waals surface area contributed by atoms with Crippen molar-refractivity contribution in [2.45, 2.75) is 17.6 Å². The van der Waals surface area contributed by atoms with Crippen LogP contribution < -0.4 is 15.6 Å². The van der Waals surface area contributed by atoms with Crippen molar-refractivity contribution in [3.63, 3.8) is 0 Å². The predicted molar refractivity (Wildman–Crippen MR) is 101 cm³/mol.